The number of halogens is 3. The van der Waals surface area contributed by atoms with Gasteiger partial charge in [-0.25, -0.2) is 0 Å². The van der Waals surface area contributed by atoms with Gasteiger partial charge in [0.15, 0.2) is 0 Å². The standard InChI is InChI=1S/C14H12Br3NOS/c1-2-18(8-10-4-6-13(17)20-10)14(19)11-7-9(15)3-5-12(11)16/h3-7H,2,8H2,1H3. The molecule has 0 radical (unpaired) electrons. The monoisotopic (exact) mass is 479 g/mol. The first-order chi connectivity index (χ1) is 9.51. The summed E-state index contributed by atoms with van der Waals surface area (Å²) in [5.41, 5.74) is 0.678. The van der Waals surface area contributed by atoms with E-state index in [0.717, 1.165) is 17.6 Å². The molecule has 20 heavy (non-hydrogen) atoms. The number of thiophene rings is 1. The predicted octanol–water partition coefficient (Wildman–Crippen LogP) is 5.70. The fraction of sp³-hybridized carbons (Fsp3) is 0.214. The van der Waals surface area contributed by atoms with Crippen LogP contribution in [0.1, 0.15) is 22.2 Å². The zero-order valence-electron chi connectivity index (χ0n) is 10.7. The SMILES string of the molecule is CCN(Cc1ccc(Br)s1)C(=O)c1cc(Br)ccc1Br. The molecule has 6 heteroatoms. The first kappa shape index (κ1) is 16.2. The van der Waals surface area contributed by atoms with E-state index in [1.165, 1.54) is 0 Å². The lowest BCUT2D eigenvalue weighted by Gasteiger charge is -2.21. The van der Waals surface area contributed by atoms with Gasteiger partial charge in [0.2, 0.25) is 0 Å². The van der Waals surface area contributed by atoms with Crippen molar-refractivity contribution in [1.82, 2.24) is 4.90 Å². The van der Waals surface area contributed by atoms with Crippen LogP contribution in [0.4, 0.5) is 0 Å². The molecule has 0 atom stereocenters. The molecule has 2 rings (SSSR count). The van der Waals surface area contributed by atoms with Crippen molar-refractivity contribution < 1.29 is 4.79 Å². The summed E-state index contributed by atoms with van der Waals surface area (Å²) in [6.07, 6.45) is 0. The molecular weight excluding hydrogens is 470 g/mol. The highest BCUT2D eigenvalue weighted by Crippen LogP contribution is 2.26. The van der Waals surface area contributed by atoms with E-state index in [2.05, 4.69) is 47.8 Å². The fourth-order valence-corrected chi connectivity index (χ4v) is 4.06. The van der Waals surface area contributed by atoms with E-state index in [1.807, 2.05) is 42.2 Å². The second-order valence-corrected chi connectivity index (χ2v) is 8.47. The maximum atomic E-state index is 12.6. The smallest absolute Gasteiger partial charge is 0.255 e. The summed E-state index contributed by atoms with van der Waals surface area (Å²) in [7, 11) is 0. The summed E-state index contributed by atoms with van der Waals surface area (Å²) in [6.45, 7) is 3.30. The van der Waals surface area contributed by atoms with Gasteiger partial charge in [-0.15, -0.1) is 11.3 Å². The van der Waals surface area contributed by atoms with Gasteiger partial charge in [0.05, 0.1) is 15.9 Å². The quantitative estimate of drug-likeness (QED) is 0.548. The molecule has 2 aromatic rings. The summed E-state index contributed by atoms with van der Waals surface area (Å²) in [5.74, 6) is 0.0326. The van der Waals surface area contributed by atoms with Crippen molar-refractivity contribution in [3.63, 3.8) is 0 Å². The van der Waals surface area contributed by atoms with Crippen LogP contribution < -0.4 is 0 Å². The van der Waals surface area contributed by atoms with Gasteiger partial charge < -0.3 is 4.90 Å². The lowest BCUT2D eigenvalue weighted by atomic mass is 10.2. The third-order valence-electron chi connectivity index (χ3n) is 2.80. The molecule has 2 nitrogen and oxygen atoms in total. The Morgan fingerprint density at radius 1 is 1.20 bits per heavy atom. The second kappa shape index (κ2) is 7.20. The molecule has 0 saturated carbocycles. The summed E-state index contributed by atoms with van der Waals surface area (Å²) in [6, 6.07) is 9.69. The molecular formula is C14H12Br3NOS. The molecule has 0 aliphatic carbocycles. The Kier molecular flexibility index (Phi) is 5.84. The molecule has 1 heterocycles. The van der Waals surface area contributed by atoms with Gasteiger partial charge in [0.25, 0.3) is 5.91 Å². The number of hydrogen-bond donors (Lipinski definition) is 0. The van der Waals surface area contributed by atoms with Crippen molar-refractivity contribution >= 4 is 65.0 Å². The number of hydrogen-bond acceptors (Lipinski definition) is 2. The van der Waals surface area contributed by atoms with E-state index in [4.69, 9.17) is 0 Å². The number of carbonyl (C=O) groups excluding carboxylic acids is 1. The third kappa shape index (κ3) is 3.93. The summed E-state index contributed by atoms with van der Waals surface area (Å²) in [5, 5.41) is 0. The molecule has 0 unspecified atom stereocenters. The van der Waals surface area contributed by atoms with E-state index in [-0.39, 0.29) is 5.91 Å². The second-order valence-electron chi connectivity index (χ2n) is 4.15. The van der Waals surface area contributed by atoms with Crippen molar-refractivity contribution in [2.45, 2.75) is 13.5 Å². The van der Waals surface area contributed by atoms with Crippen molar-refractivity contribution in [3.05, 3.63) is 53.5 Å². The lowest BCUT2D eigenvalue weighted by Crippen LogP contribution is -2.30. The number of carbonyl (C=O) groups is 1. The Labute approximate surface area is 147 Å². The van der Waals surface area contributed by atoms with Gasteiger partial charge in [-0.05, 0) is 69.1 Å². The highest BCUT2D eigenvalue weighted by molar-refractivity contribution is 9.11. The van der Waals surface area contributed by atoms with Crippen LogP contribution in [0.15, 0.2) is 43.1 Å². The molecule has 0 bridgehead atoms. The van der Waals surface area contributed by atoms with Gasteiger partial charge in [0, 0.05) is 20.4 Å². The Balaban J connectivity index is 2.22. The topological polar surface area (TPSA) is 20.3 Å². The van der Waals surface area contributed by atoms with Crippen molar-refractivity contribution in [1.29, 1.82) is 0 Å². The van der Waals surface area contributed by atoms with E-state index in [9.17, 15) is 4.79 Å². The molecule has 1 aromatic carbocycles. The fourth-order valence-electron chi connectivity index (χ4n) is 1.78. The first-order valence-electron chi connectivity index (χ1n) is 5.99. The van der Waals surface area contributed by atoms with Crippen LogP contribution >= 0.6 is 59.1 Å². The minimum atomic E-state index is 0.0326. The summed E-state index contributed by atoms with van der Waals surface area (Å²) >= 11 is 12.0. The highest BCUT2D eigenvalue weighted by atomic mass is 79.9. The van der Waals surface area contributed by atoms with E-state index < -0.39 is 0 Å². The van der Waals surface area contributed by atoms with Gasteiger partial charge in [-0.2, -0.15) is 0 Å². The van der Waals surface area contributed by atoms with Crippen LogP contribution in [0, 0.1) is 0 Å². The zero-order valence-corrected chi connectivity index (χ0v) is 16.3. The van der Waals surface area contributed by atoms with Crippen LogP contribution in [0.3, 0.4) is 0 Å². The van der Waals surface area contributed by atoms with Gasteiger partial charge in [-0.1, -0.05) is 15.9 Å². The Hall–Kier alpha value is -0.170. The van der Waals surface area contributed by atoms with Gasteiger partial charge >= 0.3 is 0 Å². The Morgan fingerprint density at radius 3 is 2.55 bits per heavy atom. The molecule has 106 valence electrons. The maximum absolute atomic E-state index is 12.6. The van der Waals surface area contributed by atoms with E-state index in [1.54, 1.807) is 11.3 Å². The summed E-state index contributed by atoms with van der Waals surface area (Å²) < 4.78 is 2.80. The number of amides is 1. The Morgan fingerprint density at radius 2 is 1.95 bits per heavy atom. The minimum absolute atomic E-state index is 0.0326. The number of rotatable bonds is 4. The van der Waals surface area contributed by atoms with E-state index in [0.29, 0.717) is 18.7 Å². The van der Waals surface area contributed by atoms with Crippen molar-refractivity contribution in [2.24, 2.45) is 0 Å². The van der Waals surface area contributed by atoms with Crippen LogP contribution in [-0.4, -0.2) is 17.4 Å². The van der Waals surface area contributed by atoms with Crippen LogP contribution in [0.2, 0.25) is 0 Å². The largest absolute Gasteiger partial charge is 0.334 e. The van der Waals surface area contributed by atoms with Gasteiger partial charge in [0.1, 0.15) is 0 Å². The molecule has 0 aliphatic heterocycles. The number of nitrogens with zero attached hydrogens (tertiary/aromatic N) is 1. The predicted molar refractivity (Wildman–Crippen MR) is 94.3 cm³/mol. The van der Waals surface area contributed by atoms with Crippen molar-refractivity contribution in [2.75, 3.05) is 6.54 Å². The molecule has 1 aromatic heterocycles. The number of benzene rings is 1. The third-order valence-corrected chi connectivity index (χ3v) is 5.60. The molecule has 0 spiro atoms. The van der Waals surface area contributed by atoms with Crippen molar-refractivity contribution in [3.8, 4) is 0 Å². The normalized spacial score (nSPS) is 10.6. The molecule has 1 amide bonds. The minimum Gasteiger partial charge on any atom is -0.334 e. The molecule has 0 aliphatic rings. The average Bonchev–Trinajstić information content (AvgIpc) is 2.83. The highest BCUT2D eigenvalue weighted by Gasteiger charge is 2.18. The molecule has 0 saturated heterocycles. The van der Waals surface area contributed by atoms with Crippen LogP contribution in [-0.2, 0) is 6.54 Å². The Bertz CT molecular complexity index is 627. The van der Waals surface area contributed by atoms with Crippen LogP contribution in [0.25, 0.3) is 0 Å². The van der Waals surface area contributed by atoms with E-state index >= 15 is 0 Å². The van der Waals surface area contributed by atoms with Gasteiger partial charge in [-0.3, -0.25) is 4.79 Å². The lowest BCUT2D eigenvalue weighted by molar-refractivity contribution is 0.0753. The zero-order chi connectivity index (χ0) is 14.7. The molecule has 0 N–H and O–H groups in total. The maximum Gasteiger partial charge on any atom is 0.255 e. The summed E-state index contributed by atoms with van der Waals surface area (Å²) in [4.78, 5) is 15.6. The van der Waals surface area contributed by atoms with Crippen LogP contribution in [0.5, 0.6) is 0 Å². The first-order valence-corrected chi connectivity index (χ1v) is 9.19. The molecule has 0 fully saturated rings. The average molecular weight is 482 g/mol.